The van der Waals surface area contributed by atoms with Crippen LogP contribution in [0.4, 0.5) is 5.95 Å². The molecule has 0 aromatic carbocycles. The summed E-state index contributed by atoms with van der Waals surface area (Å²) >= 11 is 0. The summed E-state index contributed by atoms with van der Waals surface area (Å²) in [6, 6.07) is 0. The van der Waals surface area contributed by atoms with Crippen molar-refractivity contribution in [2.45, 2.75) is 110 Å². The van der Waals surface area contributed by atoms with E-state index in [9.17, 15) is 14.7 Å². The van der Waals surface area contributed by atoms with E-state index in [2.05, 4.69) is 21.9 Å². The van der Waals surface area contributed by atoms with Crippen LogP contribution in [0.5, 0.6) is 0 Å². The molecule has 35 heavy (non-hydrogen) atoms. The first-order valence-electron chi connectivity index (χ1n) is 13.1. The number of aliphatic hydroxyl groups excluding tert-OH is 1. The fourth-order valence-corrected chi connectivity index (χ4v) is 3.95. The van der Waals surface area contributed by atoms with Crippen LogP contribution in [0.2, 0.25) is 0 Å². The second-order valence-electron chi connectivity index (χ2n) is 9.11. The smallest absolute Gasteiger partial charge is 0.305 e. The molecule has 0 bridgehead atoms. The molecule has 0 aliphatic carbocycles. The molecule has 2 aromatic rings. The van der Waals surface area contributed by atoms with E-state index in [1.165, 1.54) is 75.1 Å². The Kier molecular flexibility index (Phi) is 14.0. The molecule has 198 valence electrons. The van der Waals surface area contributed by atoms with Crippen LogP contribution >= 0.6 is 0 Å². The van der Waals surface area contributed by atoms with Crippen molar-refractivity contribution in [2.75, 3.05) is 18.9 Å². The van der Waals surface area contributed by atoms with Gasteiger partial charge in [0.15, 0.2) is 11.2 Å². The molecule has 1 unspecified atom stereocenters. The molecule has 0 saturated heterocycles. The summed E-state index contributed by atoms with van der Waals surface area (Å²) in [4.78, 5) is 34.3. The van der Waals surface area contributed by atoms with Gasteiger partial charge < -0.3 is 20.3 Å². The van der Waals surface area contributed by atoms with Crippen LogP contribution in [0, 0.1) is 0 Å². The second-order valence-corrected chi connectivity index (χ2v) is 9.11. The van der Waals surface area contributed by atoms with Gasteiger partial charge in [-0.05, 0) is 6.42 Å². The number of carbonyl (C=O) groups is 1. The van der Waals surface area contributed by atoms with E-state index in [4.69, 9.17) is 15.2 Å². The summed E-state index contributed by atoms with van der Waals surface area (Å²) in [5, 5.41) is 9.54. The largest absolute Gasteiger partial charge is 0.463 e. The number of fused-ring (bicyclic) bond motifs is 1. The number of esters is 1. The zero-order valence-electron chi connectivity index (χ0n) is 21.2. The van der Waals surface area contributed by atoms with Gasteiger partial charge in [0.1, 0.15) is 19.4 Å². The number of H-pyrrole nitrogens is 1. The van der Waals surface area contributed by atoms with Crippen molar-refractivity contribution in [3.05, 3.63) is 16.7 Å². The van der Waals surface area contributed by atoms with Gasteiger partial charge in [-0.1, -0.05) is 84.0 Å². The maximum absolute atomic E-state index is 12.0. The van der Waals surface area contributed by atoms with Crippen LogP contribution in [0.1, 0.15) is 96.8 Å². The number of nitrogens with two attached hydrogens (primary N) is 1. The summed E-state index contributed by atoms with van der Waals surface area (Å²) in [6.45, 7) is 1.87. The average Bonchev–Trinajstić information content (AvgIpc) is 3.25. The molecular weight excluding hydrogens is 450 g/mol. The lowest BCUT2D eigenvalue weighted by Crippen LogP contribution is -2.26. The quantitative estimate of drug-likeness (QED) is 0.185. The highest BCUT2D eigenvalue weighted by Crippen LogP contribution is 2.13. The molecule has 1 atom stereocenters. The highest BCUT2D eigenvalue weighted by molar-refractivity contribution is 5.70. The number of nitrogens with zero attached hydrogens (tertiary/aromatic N) is 3. The summed E-state index contributed by atoms with van der Waals surface area (Å²) in [5.41, 5.74) is 5.57. The lowest BCUT2D eigenvalue weighted by molar-refractivity contribution is -0.150. The van der Waals surface area contributed by atoms with Crippen molar-refractivity contribution in [3.8, 4) is 0 Å². The number of nitrogen functional groups attached to an aromatic ring is 1. The van der Waals surface area contributed by atoms with Gasteiger partial charge in [-0.25, -0.2) is 4.98 Å². The first-order chi connectivity index (χ1) is 17.0. The number of aliphatic hydroxyl groups is 1. The van der Waals surface area contributed by atoms with E-state index >= 15 is 0 Å². The van der Waals surface area contributed by atoms with Crippen LogP contribution in [0.15, 0.2) is 11.1 Å². The number of unbranched alkanes of at least 4 members (excludes halogenated alkanes) is 12. The van der Waals surface area contributed by atoms with Crippen molar-refractivity contribution in [2.24, 2.45) is 0 Å². The number of hydrogen-bond acceptors (Lipinski definition) is 8. The molecule has 10 nitrogen and oxygen atoms in total. The monoisotopic (exact) mass is 493 g/mol. The van der Waals surface area contributed by atoms with Gasteiger partial charge in [0.25, 0.3) is 5.56 Å². The van der Waals surface area contributed by atoms with Crippen LogP contribution in [0.3, 0.4) is 0 Å². The van der Waals surface area contributed by atoms with E-state index in [0.717, 1.165) is 19.3 Å². The van der Waals surface area contributed by atoms with E-state index in [1.54, 1.807) is 0 Å². The molecule has 0 aliphatic rings. The van der Waals surface area contributed by atoms with E-state index in [0.29, 0.717) is 6.42 Å². The van der Waals surface area contributed by atoms with E-state index < -0.39 is 11.7 Å². The predicted molar refractivity (Wildman–Crippen MR) is 136 cm³/mol. The molecule has 0 aliphatic heterocycles. The molecule has 0 spiro atoms. The van der Waals surface area contributed by atoms with Crippen molar-refractivity contribution in [1.82, 2.24) is 19.5 Å². The van der Waals surface area contributed by atoms with Crippen LogP contribution in [-0.4, -0.2) is 49.9 Å². The van der Waals surface area contributed by atoms with Crippen molar-refractivity contribution in [1.29, 1.82) is 0 Å². The van der Waals surface area contributed by atoms with Gasteiger partial charge in [-0.2, -0.15) is 4.98 Å². The minimum Gasteiger partial charge on any atom is -0.463 e. The first kappa shape index (κ1) is 28.8. The van der Waals surface area contributed by atoms with Gasteiger partial charge >= 0.3 is 5.97 Å². The predicted octanol–water partition coefficient (Wildman–Crippen LogP) is 4.06. The van der Waals surface area contributed by atoms with Crippen LogP contribution in [-0.2, 0) is 21.0 Å². The average molecular weight is 494 g/mol. The topological polar surface area (TPSA) is 145 Å². The molecule has 0 amide bonds. The number of imidazole rings is 1. The molecular formula is C25H43N5O5. The van der Waals surface area contributed by atoms with Gasteiger partial charge in [-0.15, -0.1) is 0 Å². The SMILES string of the molecule is CCCCCCCCCCCCCCCC(=O)OCC(CO)OCn1cnc2c(=O)[nH]c(N)nc21. The molecule has 10 heteroatoms. The van der Waals surface area contributed by atoms with Crippen LogP contribution in [0.25, 0.3) is 11.2 Å². The number of aromatic amines is 1. The molecule has 2 rings (SSSR count). The van der Waals surface area contributed by atoms with Crippen molar-refractivity contribution >= 4 is 23.1 Å². The Hall–Kier alpha value is -2.46. The summed E-state index contributed by atoms with van der Waals surface area (Å²) in [5.74, 6) is -0.311. The van der Waals surface area contributed by atoms with Crippen LogP contribution < -0.4 is 11.3 Å². The lowest BCUT2D eigenvalue weighted by Gasteiger charge is -2.16. The van der Waals surface area contributed by atoms with Gasteiger partial charge in [0, 0.05) is 6.42 Å². The number of carbonyl (C=O) groups excluding carboxylic acids is 1. The standard InChI is InChI=1S/C25H43N5O5/c1-2-3-4-5-6-7-8-9-10-11-12-13-14-15-21(32)34-17-20(16-31)35-19-30-18-27-22-23(30)28-25(26)29-24(22)33/h18,20,31H,2-17,19H2,1H3,(H3,26,28,29,33). The Morgan fingerprint density at radius 3 is 2.26 bits per heavy atom. The fraction of sp³-hybridized carbons (Fsp3) is 0.760. The number of rotatable bonds is 20. The summed E-state index contributed by atoms with van der Waals surface area (Å²) in [6.07, 6.45) is 17.4. The third-order valence-corrected chi connectivity index (χ3v) is 6.06. The highest BCUT2D eigenvalue weighted by atomic mass is 16.6. The van der Waals surface area contributed by atoms with E-state index in [-0.39, 0.29) is 43.0 Å². The van der Waals surface area contributed by atoms with Gasteiger partial charge in [0.2, 0.25) is 5.95 Å². The molecule has 2 aromatic heterocycles. The minimum absolute atomic E-state index is 0.0198. The Labute approximate surface area is 207 Å². The number of ether oxygens (including phenoxy) is 2. The second kappa shape index (κ2) is 17.0. The summed E-state index contributed by atoms with van der Waals surface area (Å²) < 4.78 is 12.4. The van der Waals surface area contributed by atoms with Gasteiger partial charge in [-0.3, -0.25) is 19.1 Å². The molecule has 0 radical (unpaired) electrons. The number of hydrogen-bond donors (Lipinski definition) is 3. The molecule has 0 fully saturated rings. The third-order valence-electron chi connectivity index (χ3n) is 6.06. The van der Waals surface area contributed by atoms with Gasteiger partial charge in [0.05, 0.1) is 12.9 Å². The number of aromatic nitrogens is 4. The Morgan fingerprint density at radius 2 is 1.66 bits per heavy atom. The first-order valence-corrected chi connectivity index (χ1v) is 13.1. The molecule has 4 N–H and O–H groups in total. The maximum atomic E-state index is 12.0. The zero-order chi connectivity index (χ0) is 25.3. The molecule has 2 heterocycles. The highest BCUT2D eigenvalue weighted by Gasteiger charge is 2.14. The summed E-state index contributed by atoms with van der Waals surface area (Å²) in [7, 11) is 0. The Bertz CT molecular complexity index is 913. The minimum atomic E-state index is -0.692. The normalized spacial score (nSPS) is 12.3. The lowest BCUT2D eigenvalue weighted by atomic mass is 10.0. The van der Waals surface area contributed by atoms with Crippen molar-refractivity contribution < 1.29 is 19.4 Å². The maximum Gasteiger partial charge on any atom is 0.305 e. The molecule has 0 saturated carbocycles. The number of nitrogens with one attached hydrogen (secondary N) is 1. The van der Waals surface area contributed by atoms with E-state index in [1.807, 2.05) is 0 Å². The third kappa shape index (κ3) is 11.2. The number of anilines is 1. The zero-order valence-corrected chi connectivity index (χ0v) is 21.2. The Morgan fingerprint density at radius 1 is 1.06 bits per heavy atom. The fourth-order valence-electron chi connectivity index (χ4n) is 3.95. The van der Waals surface area contributed by atoms with Crippen molar-refractivity contribution in [3.63, 3.8) is 0 Å². The Balaban J connectivity index is 1.51.